The molecule has 3 aromatic heterocycles. The van der Waals surface area contributed by atoms with Gasteiger partial charge in [-0.3, -0.25) is 0 Å². The summed E-state index contributed by atoms with van der Waals surface area (Å²) in [6, 6.07) is 54.9. The molecule has 0 N–H and O–H groups in total. The summed E-state index contributed by atoms with van der Waals surface area (Å²) in [5.74, 6) is 1.75. The van der Waals surface area contributed by atoms with Crippen molar-refractivity contribution in [2.75, 3.05) is 0 Å². The molecule has 7 aromatic carbocycles. The molecular weight excluding hydrogens is 691 g/mol. The van der Waals surface area contributed by atoms with Gasteiger partial charge < -0.3 is 4.57 Å². The highest BCUT2D eigenvalue weighted by molar-refractivity contribution is 7.26. The lowest BCUT2D eigenvalue weighted by molar-refractivity contribution is 0.664. The second-order valence-corrected chi connectivity index (χ2v) is 15.8. The van der Waals surface area contributed by atoms with Gasteiger partial charge in [-0.05, 0) is 77.4 Å². The average molecular weight is 722 g/mol. The topological polar surface area (TPSA) is 67.4 Å². The first-order valence-corrected chi connectivity index (χ1v) is 19.2. The van der Waals surface area contributed by atoms with Crippen LogP contribution in [0.25, 0.3) is 93.0 Å². The normalized spacial score (nSPS) is 13.0. The number of para-hydroxylation sites is 1. The lowest BCUT2D eigenvalue weighted by atomic mass is 9.81. The molecule has 5 nitrogen and oxygen atoms in total. The van der Waals surface area contributed by atoms with Gasteiger partial charge in [0.15, 0.2) is 17.5 Å². The first-order valence-electron chi connectivity index (χ1n) is 18.4. The van der Waals surface area contributed by atoms with Gasteiger partial charge in [0.05, 0.1) is 22.7 Å². The number of fused-ring (bicyclic) bond motifs is 12. The molecular formula is C49H31N5S. The van der Waals surface area contributed by atoms with Gasteiger partial charge >= 0.3 is 0 Å². The number of nitrogens with zero attached hydrogens (tertiary/aromatic N) is 5. The molecule has 0 saturated carbocycles. The van der Waals surface area contributed by atoms with Gasteiger partial charge in [-0.25, -0.2) is 15.0 Å². The molecule has 10 aromatic rings. The summed E-state index contributed by atoms with van der Waals surface area (Å²) >= 11 is 1.92. The number of benzene rings is 7. The van der Waals surface area contributed by atoms with Crippen LogP contribution in [0.4, 0.5) is 0 Å². The van der Waals surface area contributed by atoms with Crippen molar-refractivity contribution in [1.29, 1.82) is 5.26 Å². The van der Waals surface area contributed by atoms with E-state index in [2.05, 4.69) is 122 Å². The summed E-state index contributed by atoms with van der Waals surface area (Å²) in [4.78, 5) is 14.9. The Morgan fingerprint density at radius 1 is 0.582 bits per heavy atom. The molecule has 0 amide bonds. The molecule has 6 heteroatoms. The van der Waals surface area contributed by atoms with Crippen LogP contribution in [0.1, 0.15) is 30.5 Å². The van der Waals surface area contributed by atoms with Gasteiger partial charge in [-0.1, -0.05) is 105 Å². The standard InChI is InChI=1S/C49H31N5S/c1-49(2)37-17-9-6-14-34(37)42-43(49)44-40(41-36-16-8-11-19-39(36)55-45(41)42)35-15-7-10-18-38(35)54(44)33-26-24-32(25-27-33)48-52-46(30-12-4-3-5-13-30)51-47(53-48)31-22-20-29(28-50)21-23-31/h3-27H,1-2H3. The van der Waals surface area contributed by atoms with Gasteiger partial charge in [0.2, 0.25) is 0 Å². The molecule has 0 radical (unpaired) electrons. The van der Waals surface area contributed by atoms with E-state index in [1.165, 1.54) is 64.2 Å². The van der Waals surface area contributed by atoms with E-state index < -0.39 is 0 Å². The second-order valence-electron chi connectivity index (χ2n) is 14.7. The minimum Gasteiger partial charge on any atom is -0.309 e. The van der Waals surface area contributed by atoms with E-state index in [1.54, 1.807) is 12.1 Å². The summed E-state index contributed by atoms with van der Waals surface area (Å²) in [5.41, 5.74) is 11.9. The molecule has 55 heavy (non-hydrogen) atoms. The van der Waals surface area contributed by atoms with Crippen molar-refractivity contribution < 1.29 is 0 Å². The lowest BCUT2D eigenvalue weighted by Gasteiger charge is -2.24. The van der Waals surface area contributed by atoms with Crippen LogP contribution in [-0.4, -0.2) is 19.5 Å². The molecule has 1 aliphatic carbocycles. The van der Waals surface area contributed by atoms with Crippen LogP contribution in [0.5, 0.6) is 0 Å². The van der Waals surface area contributed by atoms with Crippen molar-refractivity contribution in [3.05, 3.63) is 168 Å². The van der Waals surface area contributed by atoms with Crippen molar-refractivity contribution in [2.45, 2.75) is 19.3 Å². The highest BCUT2D eigenvalue weighted by atomic mass is 32.1. The molecule has 0 spiro atoms. The maximum absolute atomic E-state index is 9.39. The van der Waals surface area contributed by atoms with Gasteiger partial charge in [0, 0.05) is 64.3 Å². The predicted octanol–water partition coefficient (Wildman–Crippen LogP) is 12.5. The van der Waals surface area contributed by atoms with Crippen LogP contribution in [-0.2, 0) is 5.41 Å². The molecule has 258 valence electrons. The minimum absolute atomic E-state index is 0.221. The Hall–Kier alpha value is -6.94. The fraction of sp³-hybridized carbons (Fsp3) is 0.0612. The summed E-state index contributed by atoms with van der Waals surface area (Å²) in [6.45, 7) is 4.77. The predicted molar refractivity (Wildman–Crippen MR) is 226 cm³/mol. The number of thiophene rings is 1. The van der Waals surface area contributed by atoms with Crippen LogP contribution in [0.3, 0.4) is 0 Å². The van der Waals surface area contributed by atoms with Gasteiger partial charge in [0.1, 0.15) is 0 Å². The Morgan fingerprint density at radius 2 is 1.16 bits per heavy atom. The molecule has 1 aliphatic rings. The van der Waals surface area contributed by atoms with E-state index in [1.807, 2.05) is 53.8 Å². The summed E-state index contributed by atoms with van der Waals surface area (Å²) in [5, 5.41) is 14.6. The van der Waals surface area contributed by atoms with Crippen molar-refractivity contribution in [3.8, 4) is 57.0 Å². The van der Waals surface area contributed by atoms with Crippen molar-refractivity contribution in [1.82, 2.24) is 19.5 Å². The van der Waals surface area contributed by atoms with Crippen LogP contribution in [0, 0.1) is 11.3 Å². The maximum atomic E-state index is 9.39. The summed E-state index contributed by atoms with van der Waals surface area (Å²) in [7, 11) is 0. The van der Waals surface area contributed by atoms with Crippen molar-refractivity contribution >= 4 is 53.3 Å². The lowest BCUT2D eigenvalue weighted by Crippen LogP contribution is -2.16. The molecule has 0 atom stereocenters. The maximum Gasteiger partial charge on any atom is 0.164 e. The second kappa shape index (κ2) is 11.8. The molecule has 0 aliphatic heterocycles. The molecule has 11 rings (SSSR count). The Labute approximate surface area is 321 Å². The van der Waals surface area contributed by atoms with Gasteiger partial charge in [-0.2, -0.15) is 5.26 Å². The quantitative estimate of drug-likeness (QED) is 0.181. The number of nitriles is 1. The first kappa shape index (κ1) is 31.6. The Bertz CT molecular complexity index is 3220. The number of hydrogen-bond donors (Lipinski definition) is 0. The Kier molecular flexibility index (Phi) is 6.76. The first-order chi connectivity index (χ1) is 27.0. The zero-order valence-corrected chi connectivity index (χ0v) is 30.9. The number of hydrogen-bond acceptors (Lipinski definition) is 5. The van der Waals surface area contributed by atoms with E-state index in [0.717, 1.165) is 22.4 Å². The van der Waals surface area contributed by atoms with Crippen LogP contribution in [0.2, 0.25) is 0 Å². The third-order valence-electron chi connectivity index (χ3n) is 11.3. The third-order valence-corrected chi connectivity index (χ3v) is 12.4. The minimum atomic E-state index is -0.221. The fourth-order valence-electron chi connectivity index (χ4n) is 8.75. The van der Waals surface area contributed by atoms with Crippen molar-refractivity contribution in [2.24, 2.45) is 0 Å². The SMILES string of the molecule is CC1(C)c2ccccc2-c2c1c1c(c3ccccc3n1-c1ccc(-c3nc(-c4ccccc4)nc(-c4ccc(C#N)cc4)n3)cc1)c1c2sc2ccccc21. The molecule has 0 fully saturated rings. The van der Waals surface area contributed by atoms with E-state index in [9.17, 15) is 5.26 Å². The molecule has 3 heterocycles. The summed E-state index contributed by atoms with van der Waals surface area (Å²) < 4.78 is 5.16. The highest BCUT2D eigenvalue weighted by Gasteiger charge is 2.41. The molecule has 0 unspecified atom stereocenters. The average Bonchev–Trinajstić information content (AvgIpc) is 3.87. The Morgan fingerprint density at radius 3 is 1.87 bits per heavy atom. The monoisotopic (exact) mass is 721 g/mol. The fourth-order valence-corrected chi connectivity index (χ4v) is 10.0. The molecule has 0 bridgehead atoms. The highest BCUT2D eigenvalue weighted by Crippen LogP contribution is 2.58. The zero-order chi connectivity index (χ0) is 36.8. The molecule has 0 saturated heterocycles. The van der Waals surface area contributed by atoms with Gasteiger partial charge in [-0.15, -0.1) is 11.3 Å². The van der Waals surface area contributed by atoms with Crippen molar-refractivity contribution in [3.63, 3.8) is 0 Å². The smallest absolute Gasteiger partial charge is 0.164 e. The van der Waals surface area contributed by atoms with Crippen LogP contribution >= 0.6 is 11.3 Å². The van der Waals surface area contributed by atoms with E-state index in [4.69, 9.17) is 15.0 Å². The number of rotatable bonds is 4. The third kappa shape index (κ3) is 4.60. The zero-order valence-electron chi connectivity index (χ0n) is 30.1. The van der Waals surface area contributed by atoms with E-state index in [-0.39, 0.29) is 5.41 Å². The van der Waals surface area contributed by atoms with Gasteiger partial charge in [0.25, 0.3) is 0 Å². The Balaban J connectivity index is 1.16. The van der Waals surface area contributed by atoms with Crippen LogP contribution in [0.15, 0.2) is 152 Å². The largest absolute Gasteiger partial charge is 0.309 e. The van der Waals surface area contributed by atoms with E-state index in [0.29, 0.717) is 23.0 Å². The van der Waals surface area contributed by atoms with E-state index >= 15 is 0 Å². The van der Waals surface area contributed by atoms with Crippen LogP contribution < -0.4 is 0 Å². The summed E-state index contributed by atoms with van der Waals surface area (Å²) in [6.07, 6.45) is 0. The number of aromatic nitrogens is 4.